The molecule has 0 atom stereocenters. The topological polar surface area (TPSA) is 97.5 Å². The van der Waals surface area contributed by atoms with E-state index in [0.717, 1.165) is 31.2 Å². The third-order valence-electron chi connectivity index (χ3n) is 5.29. The zero-order valence-electron chi connectivity index (χ0n) is 15.7. The second kappa shape index (κ2) is 8.90. The molecule has 1 heterocycles. The van der Waals surface area contributed by atoms with Crippen LogP contribution in [0, 0.1) is 0 Å². The zero-order chi connectivity index (χ0) is 19.2. The summed E-state index contributed by atoms with van der Waals surface area (Å²) in [6.07, 6.45) is 5.45. The van der Waals surface area contributed by atoms with Crippen LogP contribution in [-0.2, 0) is 11.2 Å². The number of benzene rings is 1. The average Bonchev–Trinajstić information content (AvgIpc) is 3.03. The number of carbonyl (C=O) groups is 2. The van der Waals surface area contributed by atoms with Crippen LogP contribution >= 0.6 is 0 Å². The molecule has 0 spiro atoms. The smallest absolute Gasteiger partial charge is 0.317 e. The van der Waals surface area contributed by atoms with E-state index in [1.54, 1.807) is 0 Å². The van der Waals surface area contributed by atoms with Crippen LogP contribution in [0.2, 0.25) is 0 Å². The number of carboxylic acids is 1. The number of amides is 2. The van der Waals surface area contributed by atoms with E-state index in [1.807, 2.05) is 30.2 Å². The molecule has 1 aromatic carbocycles. The number of urea groups is 1. The van der Waals surface area contributed by atoms with E-state index < -0.39 is 5.97 Å². The molecule has 0 aliphatic heterocycles. The van der Waals surface area contributed by atoms with E-state index in [4.69, 9.17) is 5.11 Å². The number of rotatable bonds is 9. The molecular formula is C20H28N4O3. The van der Waals surface area contributed by atoms with Gasteiger partial charge in [-0.25, -0.2) is 4.79 Å². The lowest BCUT2D eigenvalue weighted by Gasteiger charge is -2.42. The van der Waals surface area contributed by atoms with E-state index in [9.17, 15) is 9.59 Å². The summed E-state index contributed by atoms with van der Waals surface area (Å²) < 4.78 is 0. The lowest BCUT2D eigenvalue weighted by atomic mass is 9.85. The number of aryl methyl sites for hydroxylation is 1. The second-order valence-corrected chi connectivity index (χ2v) is 7.14. The largest absolute Gasteiger partial charge is 0.480 e. The quantitative estimate of drug-likeness (QED) is 0.508. The van der Waals surface area contributed by atoms with Gasteiger partial charge in [-0.1, -0.05) is 25.1 Å². The highest BCUT2D eigenvalue weighted by Gasteiger charge is 2.34. The first-order valence-corrected chi connectivity index (χ1v) is 9.62. The van der Waals surface area contributed by atoms with Gasteiger partial charge in [-0.2, -0.15) is 0 Å². The zero-order valence-corrected chi connectivity index (χ0v) is 15.7. The van der Waals surface area contributed by atoms with Crippen molar-refractivity contribution in [1.82, 2.24) is 20.5 Å². The molecule has 1 aliphatic rings. The van der Waals surface area contributed by atoms with Crippen molar-refractivity contribution in [3.8, 4) is 0 Å². The summed E-state index contributed by atoms with van der Waals surface area (Å²) in [5.41, 5.74) is 2.41. The Morgan fingerprint density at radius 2 is 2.07 bits per heavy atom. The fraction of sp³-hybridized carbons (Fsp3) is 0.500. The highest BCUT2D eigenvalue weighted by molar-refractivity contribution is 5.83. The van der Waals surface area contributed by atoms with Crippen molar-refractivity contribution < 1.29 is 14.7 Å². The Hall–Kier alpha value is -2.54. The number of hydrogen-bond donors (Lipinski definition) is 4. The second-order valence-electron chi connectivity index (χ2n) is 7.14. The van der Waals surface area contributed by atoms with Crippen molar-refractivity contribution in [2.75, 3.05) is 19.6 Å². The van der Waals surface area contributed by atoms with Crippen molar-refractivity contribution in [2.24, 2.45) is 0 Å². The molecule has 0 saturated heterocycles. The van der Waals surface area contributed by atoms with Crippen LogP contribution < -0.4 is 10.6 Å². The molecule has 1 fully saturated rings. The molecule has 0 bridgehead atoms. The van der Waals surface area contributed by atoms with Gasteiger partial charge in [0.1, 0.15) is 0 Å². The summed E-state index contributed by atoms with van der Waals surface area (Å²) in [6, 6.07) is 8.46. The number of aliphatic carboxylic acids is 1. The van der Waals surface area contributed by atoms with Gasteiger partial charge in [0, 0.05) is 35.7 Å². The molecule has 1 aliphatic carbocycles. The molecule has 4 N–H and O–H groups in total. The molecule has 0 radical (unpaired) electrons. The van der Waals surface area contributed by atoms with Gasteiger partial charge in [-0.15, -0.1) is 0 Å². The molecule has 0 unspecified atom stereocenters. The van der Waals surface area contributed by atoms with Crippen LogP contribution in [0.25, 0.3) is 10.9 Å². The Morgan fingerprint density at radius 3 is 2.81 bits per heavy atom. The van der Waals surface area contributed by atoms with Crippen LogP contribution in [0.15, 0.2) is 30.5 Å². The maximum absolute atomic E-state index is 12.0. The van der Waals surface area contributed by atoms with Gasteiger partial charge in [0.05, 0.1) is 6.54 Å². The van der Waals surface area contributed by atoms with Gasteiger partial charge >= 0.3 is 12.0 Å². The first-order chi connectivity index (χ1) is 13.1. The number of carboxylic acid groups (broad SMARTS) is 1. The van der Waals surface area contributed by atoms with E-state index in [2.05, 4.69) is 27.8 Å². The van der Waals surface area contributed by atoms with Crippen molar-refractivity contribution in [1.29, 1.82) is 0 Å². The van der Waals surface area contributed by atoms with Gasteiger partial charge < -0.3 is 20.7 Å². The number of fused-ring (bicyclic) bond motifs is 1. The Morgan fingerprint density at radius 1 is 1.30 bits per heavy atom. The van der Waals surface area contributed by atoms with Crippen LogP contribution in [-0.4, -0.2) is 58.7 Å². The summed E-state index contributed by atoms with van der Waals surface area (Å²) in [5, 5.41) is 16.0. The molecule has 7 nitrogen and oxygen atoms in total. The van der Waals surface area contributed by atoms with Gasteiger partial charge in [0.15, 0.2) is 0 Å². The van der Waals surface area contributed by atoms with Crippen LogP contribution in [0.1, 0.15) is 31.7 Å². The third kappa shape index (κ3) is 5.01. The fourth-order valence-corrected chi connectivity index (χ4v) is 3.73. The van der Waals surface area contributed by atoms with Gasteiger partial charge in [0.2, 0.25) is 0 Å². The first kappa shape index (κ1) is 19.2. The molecule has 1 saturated carbocycles. The number of likely N-dealkylation sites (N-methyl/N-ethyl adjacent to an activating group) is 1. The number of H-pyrrole nitrogens is 1. The monoisotopic (exact) mass is 372 g/mol. The Bertz CT molecular complexity index is 782. The van der Waals surface area contributed by atoms with Gasteiger partial charge in [-0.3, -0.25) is 9.69 Å². The first-order valence-electron chi connectivity index (χ1n) is 9.62. The predicted octanol–water partition coefficient (Wildman–Crippen LogP) is 2.34. The summed E-state index contributed by atoms with van der Waals surface area (Å²) in [6.45, 7) is 3.36. The molecule has 3 rings (SSSR count). The van der Waals surface area contributed by atoms with E-state index in [-0.39, 0.29) is 24.7 Å². The van der Waals surface area contributed by atoms with E-state index >= 15 is 0 Å². The van der Waals surface area contributed by atoms with Crippen molar-refractivity contribution in [3.05, 3.63) is 36.0 Å². The number of carbonyl (C=O) groups excluding carboxylic acids is 1. The molecule has 27 heavy (non-hydrogen) atoms. The lowest BCUT2D eigenvalue weighted by molar-refractivity contribution is -0.139. The standard InChI is InChI=1S/C20H28N4O3/c1-2-24(13-19(25)26)16-10-15(11-16)23-20(27)21-9-5-6-14-12-22-18-8-4-3-7-17(14)18/h3-4,7-8,12,15-16,22H,2,5-6,9-11,13H2,1H3,(H,25,26)(H2,21,23,27). The number of aromatic amines is 1. The van der Waals surface area contributed by atoms with Crippen molar-refractivity contribution in [2.45, 2.75) is 44.7 Å². The minimum absolute atomic E-state index is 0.0634. The maximum atomic E-state index is 12.0. The highest BCUT2D eigenvalue weighted by atomic mass is 16.4. The maximum Gasteiger partial charge on any atom is 0.317 e. The Labute approximate surface area is 159 Å². The minimum Gasteiger partial charge on any atom is -0.480 e. The number of nitrogens with zero attached hydrogens (tertiary/aromatic N) is 1. The van der Waals surface area contributed by atoms with Crippen LogP contribution in [0.5, 0.6) is 0 Å². The molecule has 2 amide bonds. The van der Waals surface area contributed by atoms with Gasteiger partial charge in [0.25, 0.3) is 0 Å². The number of para-hydroxylation sites is 1. The SMILES string of the molecule is CCN(CC(=O)O)C1CC(NC(=O)NCCCc2c[nH]c3ccccc23)C1. The van der Waals surface area contributed by atoms with Crippen LogP contribution in [0.4, 0.5) is 4.79 Å². The Balaban J connectivity index is 1.32. The predicted molar refractivity (Wildman–Crippen MR) is 105 cm³/mol. The molecule has 146 valence electrons. The lowest BCUT2D eigenvalue weighted by Crippen LogP contribution is -2.56. The number of hydrogen-bond acceptors (Lipinski definition) is 3. The molecular weight excluding hydrogens is 344 g/mol. The Kier molecular flexibility index (Phi) is 6.34. The normalized spacial score (nSPS) is 19.0. The minimum atomic E-state index is -0.804. The summed E-state index contributed by atoms with van der Waals surface area (Å²) in [4.78, 5) is 28.1. The molecule has 2 aromatic rings. The third-order valence-corrected chi connectivity index (χ3v) is 5.29. The van der Waals surface area contributed by atoms with Crippen LogP contribution in [0.3, 0.4) is 0 Å². The highest BCUT2D eigenvalue weighted by Crippen LogP contribution is 2.25. The average molecular weight is 372 g/mol. The van der Waals surface area contributed by atoms with Gasteiger partial charge in [-0.05, 0) is 43.9 Å². The molecule has 1 aromatic heterocycles. The van der Waals surface area contributed by atoms with E-state index in [0.29, 0.717) is 13.1 Å². The summed E-state index contributed by atoms with van der Waals surface area (Å²) in [5.74, 6) is -0.804. The van der Waals surface area contributed by atoms with Crippen molar-refractivity contribution >= 4 is 22.9 Å². The summed E-state index contributed by atoms with van der Waals surface area (Å²) in [7, 11) is 0. The van der Waals surface area contributed by atoms with Crippen molar-refractivity contribution in [3.63, 3.8) is 0 Å². The van der Waals surface area contributed by atoms with E-state index in [1.165, 1.54) is 10.9 Å². The fourth-order valence-electron chi connectivity index (χ4n) is 3.73. The number of aromatic nitrogens is 1. The molecule has 7 heteroatoms. The summed E-state index contributed by atoms with van der Waals surface area (Å²) >= 11 is 0. The number of nitrogens with one attached hydrogen (secondary N) is 3.